The van der Waals surface area contributed by atoms with E-state index >= 15 is 0 Å². The Hall–Kier alpha value is -5.67. The van der Waals surface area contributed by atoms with Crippen LogP contribution in [0.4, 0.5) is 22.7 Å². The molecule has 2 atom stereocenters. The van der Waals surface area contributed by atoms with Gasteiger partial charge < -0.3 is 50.7 Å². The molecule has 13 nitrogen and oxygen atoms in total. The van der Waals surface area contributed by atoms with E-state index in [-0.39, 0.29) is 0 Å². The molecule has 7 rings (SSSR count). The fraction of sp³-hybridized carbons (Fsp3) is 0. The Morgan fingerprint density at radius 2 is 0.808 bits per heavy atom. The van der Waals surface area contributed by atoms with Crippen molar-refractivity contribution in [1.29, 1.82) is 0 Å². The number of benzene rings is 6. The standard InChI is InChI=1S/C36H34N7O6P3/c37-27-11-19-31(20-12-27)44-42-50(46-33-23-15-29(39)16-24-33)41-52(48-35-7-3-1-4-8-35,49-36-9-5-2-6-10-36)43(45-32-21-13-28(38)14-22-32)51(42)47-34-25-17-30(40)18-26-34/h1-26H,37-40H2. The molecular weight excluding hydrogens is 719 g/mol. The molecule has 1 heterocycles. The average Bonchev–Trinajstić information content (AvgIpc) is 3.15. The molecule has 6 aromatic rings. The molecule has 52 heavy (non-hydrogen) atoms. The van der Waals surface area contributed by atoms with E-state index in [1.165, 1.54) is 9.21 Å². The van der Waals surface area contributed by atoms with Gasteiger partial charge in [0.2, 0.25) is 0 Å². The van der Waals surface area contributed by atoms with Crippen molar-refractivity contribution in [2.75, 3.05) is 22.9 Å². The molecule has 2 unspecified atom stereocenters. The van der Waals surface area contributed by atoms with Crippen LogP contribution in [0, 0.1) is 0 Å². The highest BCUT2D eigenvalue weighted by Gasteiger charge is 2.58. The van der Waals surface area contributed by atoms with Gasteiger partial charge >= 0.3 is 24.6 Å². The number of nitrogens with two attached hydrogens (primary N) is 4. The smallest absolute Gasteiger partial charge is 0.440 e. The quantitative estimate of drug-likeness (QED) is 0.0688. The molecule has 0 amide bonds. The van der Waals surface area contributed by atoms with Gasteiger partial charge in [-0.15, -0.1) is 4.52 Å². The van der Waals surface area contributed by atoms with Crippen molar-refractivity contribution >= 4 is 47.3 Å². The molecule has 264 valence electrons. The predicted molar refractivity (Wildman–Crippen MR) is 207 cm³/mol. The first kappa shape index (κ1) is 34.8. The molecule has 1 aliphatic rings. The van der Waals surface area contributed by atoms with Gasteiger partial charge in [0.05, 0.1) is 0 Å². The minimum Gasteiger partial charge on any atom is -0.440 e. The van der Waals surface area contributed by atoms with Gasteiger partial charge in [-0.1, -0.05) is 36.4 Å². The minimum atomic E-state index is -3.86. The maximum atomic E-state index is 6.88. The zero-order valence-electron chi connectivity index (χ0n) is 27.5. The Kier molecular flexibility index (Phi) is 10.5. The lowest BCUT2D eigenvalue weighted by Gasteiger charge is -2.43. The van der Waals surface area contributed by atoms with Crippen molar-refractivity contribution in [1.82, 2.24) is 9.21 Å². The lowest BCUT2D eigenvalue weighted by atomic mass is 10.3. The summed E-state index contributed by atoms with van der Waals surface area (Å²) in [6.45, 7) is 0. The van der Waals surface area contributed by atoms with Gasteiger partial charge in [-0.25, -0.2) is 0 Å². The second-order valence-electron chi connectivity index (χ2n) is 11.0. The third-order valence-corrected chi connectivity index (χ3v) is 13.9. The minimum absolute atomic E-state index is 0.397. The van der Waals surface area contributed by atoms with E-state index < -0.39 is 24.6 Å². The first-order valence-corrected chi connectivity index (χ1v) is 19.6. The van der Waals surface area contributed by atoms with Gasteiger partial charge in [0, 0.05) is 32.0 Å². The highest BCUT2D eigenvalue weighted by atomic mass is 31.3. The topological polar surface area (TPSA) is 178 Å². The number of hydrogen-bond donors (Lipinski definition) is 4. The molecule has 0 fully saturated rings. The molecule has 16 heteroatoms. The zero-order valence-corrected chi connectivity index (χ0v) is 30.1. The Morgan fingerprint density at radius 3 is 1.25 bits per heavy atom. The third kappa shape index (κ3) is 8.44. The average molecular weight is 754 g/mol. The van der Waals surface area contributed by atoms with Crippen LogP contribution in [0.1, 0.15) is 0 Å². The molecule has 1 aliphatic heterocycles. The summed E-state index contributed by atoms with van der Waals surface area (Å²) in [4.78, 5) is 13.4. The lowest BCUT2D eigenvalue weighted by Crippen LogP contribution is -2.37. The van der Waals surface area contributed by atoms with Gasteiger partial charge in [0.25, 0.3) is 0 Å². The molecule has 0 spiro atoms. The van der Waals surface area contributed by atoms with E-state index in [2.05, 4.69) is 0 Å². The molecule has 0 radical (unpaired) electrons. The Bertz CT molecular complexity index is 2070. The maximum absolute atomic E-state index is 6.88. The summed E-state index contributed by atoms with van der Waals surface area (Å²) in [6.07, 6.45) is 0. The van der Waals surface area contributed by atoms with Crippen molar-refractivity contribution in [3.05, 3.63) is 158 Å². The fourth-order valence-corrected chi connectivity index (χ4v) is 12.0. The summed E-state index contributed by atoms with van der Waals surface area (Å²) in [6, 6.07) is 46.0. The number of nitrogen functional groups attached to an aromatic ring is 4. The van der Waals surface area contributed by atoms with Crippen molar-refractivity contribution in [2.24, 2.45) is 4.52 Å². The molecule has 0 aromatic heterocycles. The summed E-state index contributed by atoms with van der Waals surface area (Å²) in [5, 5.41) is 0. The number of anilines is 4. The summed E-state index contributed by atoms with van der Waals surface area (Å²) in [5.41, 5.74) is 26.4. The molecular formula is C36H34N7O6P3. The zero-order chi connectivity index (χ0) is 35.9. The normalized spacial score (nSPS) is 16.9. The van der Waals surface area contributed by atoms with Crippen LogP contribution in [0.25, 0.3) is 0 Å². The Morgan fingerprint density at radius 1 is 0.423 bits per heavy atom. The van der Waals surface area contributed by atoms with Gasteiger partial charge in [-0.3, -0.25) is 0 Å². The number of hydrogen-bond acceptors (Lipinski definition) is 13. The number of rotatable bonds is 12. The molecule has 0 saturated heterocycles. The molecule has 0 bridgehead atoms. The monoisotopic (exact) mass is 753 g/mol. The second kappa shape index (κ2) is 15.7. The van der Waals surface area contributed by atoms with Crippen LogP contribution in [-0.4, -0.2) is 9.21 Å². The number of para-hydroxylation sites is 2. The van der Waals surface area contributed by atoms with Crippen molar-refractivity contribution in [3.8, 4) is 34.5 Å². The predicted octanol–water partition coefficient (Wildman–Crippen LogP) is 9.64. The Balaban J connectivity index is 1.47. The van der Waals surface area contributed by atoms with Crippen LogP contribution in [0.15, 0.2) is 162 Å². The van der Waals surface area contributed by atoms with Gasteiger partial charge in [-0.2, -0.15) is 0 Å². The first-order chi connectivity index (χ1) is 25.3. The van der Waals surface area contributed by atoms with E-state index in [4.69, 9.17) is 55.2 Å². The highest BCUT2D eigenvalue weighted by Crippen LogP contribution is 2.77. The van der Waals surface area contributed by atoms with E-state index in [0.29, 0.717) is 57.2 Å². The van der Waals surface area contributed by atoms with Gasteiger partial charge in [0.1, 0.15) is 34.5 Å². The summed E-state index contributed by atoms with van der Waals surface area (Å²) in [7, 11) is -8.30. The Labute approximate surface area is 303 Å². The first-order valence-electron chi connectivity index (χ1n) is 15.8. The van der Waals surface area contributed by atoms with Crippen LogP contribution >= 0.6 is 24.6 Å². The van der Waals surface area contributed by atoms with Crippen molar-refractivity contribution < 1.29 is 27.8 Å². The highest BCUT2D eigenvalue weighted by molar-refractivity contribution is 7.78. The maximum Gasteiger partial charge on any atom is 0.447 e. The van der Waals surface area contributed by atoms with Crippen LogP contribution in [0.2, 0.25) is 0 Å². The van der Waals surface area contributed by atoms with Gasteiger partial charge in [-0.05, 0) is 121 Å². The van der Waals surface area contributed by atoms with Gasteiger partial charge in [0.15, 0.2) is 0 Å². The summed E-state index contributed by atoms with van der Waals surface area (Å²) in [5.74, 6) is 2.64. The van der Waals surface area contributed by atoms with Crippen LogP contribution < -0.4 is 50.7 Å². The van der Waals surface area contributed by atoms with E-state index in [1.807, 2.05) is 36.4 Å². The molecule has 6 aromatic carbocycles. The molecule has 0 aliphatic carbocycles. The van der Waals surface area contributed by atoms with E-state index in [0.717, 1.165) is 0 Å². The van der Waals surface area contributed by atoms with E-state index in [9.17, 15) is 0 Å². The lowest BCUT2D eigenvalue weighted by molar-refractivity contribution is 0.0546. The van der Waals surface area contributed by atoms with Crippen molar-refractivity contribution in [3.63, 3.8) is 0 Å². The SMILES string of the molecule is Nc1ccc(ON2P(Oc3ccc(N)cc3)N=P(Oc3ccccc3)(Oc3ccccc3)N(Oc3ccc(N)cc3)P2Oc2ccc(N)cc2)cc1. The van der Waals surface area contributed by atoms with Crippen molar-refractivity contribution in [2.45, 2.75) is 0 Å². The summed E-state index contributed by atoms with van der Waals surface area (Å²) >= 11 is 0. The summed E-state index contributed by atoms with van der Waals surface area (Å²) < 4.78 is 35.5. The molecule has 0 saturated carbocycles. The second-order valence-corrected chi connectivity index (χ2v) is 16.6. The number of nitrogens with zero attached hydrogens (tertiary/aromatic N) is 3. The molecule has 8 N–H and O–H groups in total. The third-order valence-electron chi connectivity index (χ3n) is 7.05. The largest absolute Gasteiger partial charge is 0.447 e. The van der Waals surface area contributed by atoms with Crippen LogP contribution in [-0.2, 0) is 0 Å². The van der Waals surface area contributed by atoms with E-state index in [1.54, 1.807) is 121 Å². The van der Waals surface area contributed by atoms with Crippen LogP contribution in [0.5, 0.6) is 34.5 Å². The fourth-order valence-electron chi connectivity index (χ4n) is 4.53. The van der Waals surface area contributed by atoms with Crippen LogP contribution in [0.3, 0.4) is 0 Å².